The first kappa shape index (κ1) is 22.9. The van der Waals surface area contributed by atoms with Crippen molar-refractivity contribution in [3.63, 3.8) is 0 Å². The summed E-state index contributed by atoms with van der Waals surface area (Å²) in [4.78, 5) is 19.6. The summed E-state index contributed by atoms with van der Waals surface area (Å²) in [7, 11) is -2.00. The molecule has 1 amide bonds. The van der Waals surface area contributed by atoms with Crippen LogP contribution < -0.4 is 4.90 Å². The second kappa shape index (κ2) is 9.59. The van der Waals surface area contributed by atoms with Crippen molar-refractivity contribution < 1.29 is 13.2 Å². The Kier molecular flexibility index (Phi) is 7.09. The molecule has 1 aromatic carbocycles. The zero-order valence-corrected chi connectivity index (χ0v) is 19.5. The van der Waals surface area contributed by atoms with Gasteiger partial charge in [-0.1, -0.05) is 50.3 Å². The molecule has 0 fully saturated rings. The van der Waals surface area contributed by atoms with Gasteiger partial charge in [0.1, 0.15) is 10.6 Å². The Bertz CT molecular complexity index is 1160. The predicted molar refractivity (Wildman–Crippen MR) is 125 cm³/mol. The van der Waals surface area contributed by atoms with Gasteiger partial charge in [-0.05, 0) is 6.07 Å². The third-order valence-corrected chi connectivity index (χ3v) is 7.77. The van der Waals surface area contributed by atoms with Crippen LogP contribution in [-0.2, 0) is 17.1 Å². The van der Waals surface area contributed by atoms with E-state index in [-0.39, 0.29) is 23.0 Å². The molecule has 0 N–H and O–H groups in total. The number of thiazole rings is 1. The lowest BCUT2D eigenvalue weighted by atomic mass is 10.2. The molecule has 0 saturated carbocycles. The SMILES string of the molecule is C=CCN(C(=O)c1cc(S(=O)(=O)N(CC)CC)cn1C)c1nc(-c2ccccc2)cs1. The summed E-state index contributed by atoms with van der Waals surface area (Å²) in [6, 6.07) is 11.1. The van der Waals surface area contributed by atoms with Gasteiger partial charge in [-0.2, -0.15) is 4.31 Å². The quantitative estimate of drug-likeness (QED) is 0.454. The van der Waals surface area contributed by atoms with Crippen LogP contribution in [-0.4, -0.2) is 47.8 Å². The second-order valence-electron chi connectivity index (χ2n) is 6.85. The minimum absolute atomic E-state index is 0.102. The Labute approximate surface area is 187 Å². The highest BCUT2D eigenvalue weighted by atomic mass is 32.2. The number of anilines is 1. The molecule has 0 bridgehead atoms. The van der Waals surface area contributed by atoms with E-state index in [0.29, 0.717) is 18.2 Å². The van der Waals surface area contributed by atoms with Crippen LogP contribution >= 0.6 is 11.3 Å². The molecule has 0 aliphatic rings. The third kappa shape index (κ3) is 4.63. The van der Waals surface area contributed by atoms with Crippen LogP contribution in [0, 0.1) is 0 Å². The fraction of sp³-hybridized carbons (Fsp3) is 0.273. The zero-order chi connectivity index (χ0) is 22.6. The number of hydrogen-bond donors (Lipinski definition) is 0. The molecule has 3 rings (SSSR count). The van der Waals surface area contributed by atoms with E-state index < -0.39 is 10.0 Å². The minimum Gasteiger partial charge on any atom is -0.345 e. The molecule has 9 heteroatoms. The first-order chi connectivity index (χ1) is 14.8. The van der Waals surface area contributed by atoms with E-state index in [1.54, 1.807) is 31.5 Å². The van der Waals surface area contributed by atoms with Crippen molar-refractivity contribution in [1.82, 2.24) is 13.9 Å². The molecular formula is C22H26N4O3S2. The van der Waals surface area contributed by atoms with Gasteiger partial charge >= 0.3 is 0 Å². The summed E-state index contributed by atoms with van der Waals surface area (Å²) >= 11 is 1.36. The lowest BCUT2D eigenvalue weighted by molar-refractivity contribution is 0.0982. The topological polar surface area (TPSA) is 75.5 Å². The van der Waals surface area contributed by atoms with Crippen LogP contribution in [0.3, 0.4) is 0 Å². The molecule has 0 atom stereocenters. The highest BCUT2D eigenvalue weighted by molar-refractivity contribution is 7.89. The summed E-state index contributed by atoms with van der Waals surface area (Å²) in [5, 5.41) is 2.42. The van der Waals surface area contributed by atoms with E-state index in [9.17, 15) is 13.2 Å². The number of carbonyl (C=O) groups excluding carboxylic acids is 1. The summed E-state index contributed by atoms with van der Waals surface area (Å²) in [6.07, 6.45) is 3.10. The van der Waals surface area contributed by atoms with E-state index in [2.05, 4.69) is 11.6 Å². The van der Waals surface area contributed by atoms with Crippen molar-refractivity contribution in [3.8, 4) is 11.3 Å². The molecule has 0 aliphatic carbocycles. The first-order valence-corrected chi connectivity index (χ1v) is 12.3. The van der Waals surface area contributed by atoms with Crippen molar-refractivity contribution in [3.05, 3.63) is 66.3 Å². The maximum atomic E-state index is 13.4. The first-order valence-electron chi connectivity index (χ1n) is 9.93. The maximum Gasteiger partial charge on any atom is 0.277 e. The van der Waals surface area contributed by atoms with Crippen LogP contribution in [0.1, 0.15) is 24.3 Å². The van der Waals surface area contributed by atoms with Gasteiger partial charge in [0, 0.05) is 43.8 Å². The molecule has 2 heterocycles. The second-order valence-corrected chi connectivity index (χ2v) is 9.62. The molecular weight excluding hydrogens is 432 g/mol. The Hall–Kier alpha value is -2.75. The van der Waals surface area contributed by atoms with E-state index in [4.69, 9.17) is 0 Å². The molecule has 0 aliphatic heterocycles. The number of aromatic nitrogens is 2. The van der Waals surface area contributed by atoms with Crippen molar-refractivity contribution in [2.75, 3.05) is 24.5 Å². The highest BCUT2D eigenvalue weighted by Gasteiger charge is 2.28. The normalized spacial score (nSPS) is 11.6. The fourth-order valence-corrected chi connectivity index (χ4v) is 5.62. The summed E-state index contributed by atoms with van der Waals surface area (Å²) in [6.45, 7) is 8.30. The van der Waals surface area contributed by atoms with Crippen molar-refractivity contribution in [2.24, 2.45) is 7.05 Å². The van der Waals surface area contributed by atoms with Crippen LogP contribution in [0.25, 0.3) is 11.3 Å². The molecule has 7 nitrogen and oxygen atoms in total. The van der Waals surface area contributed by atoms with Crippen molar-refractivity contribution >= 4 is 32.4 Å². The van der Waals surface area contributed by atoms with Gasteiger partial charge < -0.3 is 4.57 Å². The highest BCUT2D eigenvalue weighted by Crippen LogP contribution is 2.29. The number of benzene rings is 1. The van der Waals surface area contributed by atoms with Crippen LogP contribution in [0.2, 0.25) is 0 Å². The molecule has 0 spiro atoms. The van der Waals surface area contributed by atoms with E-state index in [1.807, 2.05) is 35.7 Å². The zero-order valence-electron chi connectivity index (χ0n) is 17.9. The fourth-order valence-electron chi connectivity index (χ4n) is 3.25. The maximum absolute atomic E-state index is 13.4. The van der Waals surface area contributed by atoms with Gasteiger partial charge in [-0.25, -0.2) is 13.4 Å². The lowest BCUT2D eigenvalue weighted by Gasteiger charge is -2.18. The molecule has 0 radical (unpaired) electrons. The van der Waals surface area contributed by atoms with Gasteiger partial charge in [-0.3, -0.25) is 9.69 Å². The van der Waals surface area contributed by atoms with Gasteiger partial charge in [0.2, 0.25) is 10.0 Å². The largest absolute Gasteiger partial charge is 0.345 e. The average molecular weight is 459 g/mol. The number of amides is 1. The average Bonchev–Trinajstić information content (AvgIpc) is 3.40. The number of sulfonamides is 1. The van der Waals surface area contributed by atoms with Gasteiger partial charge in [-0.15, -0.1) is 17.9 Å². The molecule has 3 aromatic rings. The van der Waals surface area contributed by atoms with E-state index >= 15 is 0 Å². The standard InChI is InChI=1S/C22H26N4O3S2/c1-5-13-26(22-23-19(16-30-22)17-11-9-8-10-12-17)21(27)20-14-18(15-24(20)4)31(28,29)25(6-2)7-3/h5,8-12,14-16H,1,6-7,13H2,2-4H3. The number of rotatable bonds is 9. The van der Waals surface area contributed by atoms with Gasteiger partial charge in [0.15, 0.2) is 5.13 Å². The summed E-state index contributed by atoms with van der Waals surface area (Å²) in [5.41, 5.74) is 2.01. The third-order valence-electron chi connectivity index (χ3n) is 4.89. The van der Waals surface area contributed by atoms with Crippen molar-refractivity contribution in [1.29, 1.82) is 0 Å². The molecule has 0 saturated heterocycles. The van der Waals surface area contributed by atoms with E-state index in [1.165, 1.54) is 32.8 Å². The summed E-state index contributed by atoms with van der Waals surface area (Å²) < 4.78 is 28.6. The molecule has 31 heavy (non-hydrogen) atoms. The Morgan fingerprint density at radius 1 is 1.23 bits per heavy atom. The monoisotopic (exact) mass is 458 g/mol. The van der Waals surface area contributed by atoms with Crippen LogP contribution in [0.4, 0.5) is 5.13 Å². The number of aryl methyl sites for hydroxylation is 1. The molecule has 164 valence electrons. The lowest BCUT2D eigenvalue weighted by Crippen LogP contribution is -2.32. The van der Waals surface area contributed by atoms with Crippen LogP contribution in [0.15, 0.2) is 65.5 Å². The Morgan fingerprint density at radius 3 is 2.52 bits per heavy atom. The van der Waals surface area contributed by atoms with E-state index in [0.717, 1.165) is 11.3 Å². The van der Waals surface area contributed by atoms with Gasteiger partial charge in [0.05, 0.1) is 5.69 Å². The smallest absolute Gasteiger partial charge is 0.277 e. The molecule has 0 unspecified atom stereocenters. The van der Waals surface area contributed by atoms with Gasteiger partial charge in [0.25, 0.3) is 5.91 Å². The van der Waals surface area contributed by atoms with Crippen LogP contribution in [0.5, 0.6) is 0 Å². The molecule has 2 aromatic heterocycles. The predicted octanol–water partition coefficient (Wildman–Crippen LogP) is 4.01. The van der Waals surface area contributed by atoms with Crippen molar-refractivity contribution in [2.45, 2.75) is 18.7 Å². The minimum atomic E-state index is -3.66. The number of nitrogens with zero attached hydrogens (tertiary/aromatic N) is 4. The number of hydrogen-bond acceptors (Lipinski definition) is 5. The summed E-state index contributed by atoms with van der Waals surface area (Å²) in [5.74, 6) is -0.336. The Morgan fingerprint density at radius 2 is 1.90 bits per heavy atom. The Balaban J connectivity index is 1.96. The number of carbonyl (C=O) groups is 1.